The van der Waals surface area contributed by atoms with Gasteiger partial charge in [-0.05, 0) is 38.0 Å². The summed E-state index contributed by atoms with van der Waals surface area (Å²) in [7, 11) is 0. The molecule has 112 valence electrons. The minimum Gasteiger partial charge on any atom is -0.329 e. The molecule has 1 unspecified atom stereocenters. The van der Waals surface area contributed by atoms with E-state index in [-0.39, 0.29) is 0 Å². The highest BCUT2D eigenvalue weighted by molar-refractivity contribution is 4.85. The van der Waals surface area contributed by atoms with E-state index in [0.717, 1.165) is 18.5 Å². The van der Waals surface area contributed by atoms with Crippen molar-refractivity contribution in [3.63, 3.8) is 0 Å². The first-order chi connectivity index (χ1) is 9.28. The molecule has 0 bridgehead atoms. The highest BCUT2D eigenvalue weighted by Crippen LogP contribution is 2.30. The van der Waals surface area contributed by atoms with Crippen molar-refractivity contribution in [2.24, 2.45) is 11.7 Å². The summed E-state index contributed by atoms with van der Waals surface area (Å²) in [5.74, 6) is 1.01. The number of hydrogen-bond acceptors (Lipinski definition) is 3. The van der Waals surface area contributed by atoms with Gasteiger partial charge in [0.15, 0.2) is 0 Å². The van der Waals surface area contributed by atoms with Crippen molar-refractivity contribution in [1.29, 1.82) is 0 Å². The van der Waals surface area contributed by atoms with Crippen molar-refractivity contribution in [2.75, 3.05) is 32.7 Å². The lowest BCUT2D eigenvalue weighted by atomic mass is 9.84. The van der Waals surface area contributed by atoms with Crippen LogP contribution < -0.4 is 5.73 Å². The van der Waals surface area contributed by atoms with Crippen LogP contribution in [0.25, 0.3) is 0 Å². The summed E-state index contributed by atoms with van der Waals surface area (Å²) in [5.41, 5.74) is 5.87. The van der Waals surface area contributed by atoms with Crippen molar-refractivity contribution in [3.05, 3.63) is 0 Å². The molecule has 0 aromatic rings. The number of nitrogens with zero attached hydrogens (tertiary/aromatic N) is 2. The zero-order chi connectivity index (χ0) is 13.7. The molecular formula is C16H33N3. The second-order valence-electron chi connectivity index (χ2n) is 6.45. The van der Waals surface area contributed by atoms with Gasteiger partial charge in [0.05, 0.1) is 0 Å². The predicted octanol–water partition coefficient (Wildman–Crippen LogP) is 2.31. The van der Waals surface area contributed by atoms with Crippen molar-refractivity contribution >= 4 is 0 Å². The second kappa shape index (κ2) is 7.61. The van der Waals surface area contributed by atoms with E-state index in [2.05, 4.69) is 23.6 Å². The Morgan fingerprint density at radius 2 is 1.63 bits per heavy atom. The molecule has 0 spiro atoms. The van der Waals surface area contributed by atoms with Gasteiger partial charge in [-0.15, -0.1) is 0 Å². The number of hydrogen-bond donors (Lipinski definition) is 1. The third kappa shape index (κ3) is 3.93. The first-order valence-electron chi connectivity index (χ1n) is 8.46. The molecule has 1 aliphatic heterocycles. The van der Waals surface area contributed by atoms with Gasteiger partial charge >= 0.3 is 0 Å². The van der Waals surface area contributed by atoms with Crippen LogP contribution in [0, 0.1) is 5.92 Å². The van der Waals surface area contributed by atoms with E-state index >= 15 is 0 Å². The van der Waals surface area contributed by atoms with Crippen LogP contribution in [0.4, 0.5) is 0 Å². The standard InChI is InChI=1S/C16H33N3/c1-3-14-5-7-16(8-6-14)19-11-9-18(10-12-19)15(4-2)13-17/h14-16H,3-13,17H2,1-2H3. The average molecular weight is 267 g/mol. The molecule has 2 rings (SSSR count). The van der Waals surface area contributed by atoms with E-state index in [1.54, 1.807) is 0 Å². The van der Waals surface area contributed by atoms with E-state index in [9.17, 15) is 0 Å². The summed E-state index contributed by atoms with van der Waals surface area (Å²) in [6.07, 6.45) is 8.37. The normalized spacial score (nSPS) is 32.4. The number of nitrogens with two attached hydrogens (primary N) is 1. The molecular weight excluding hydrogens is 234 g/mol. The molecule has 19 heavy (non-hydrogen) atoms. The molecule has 2 N–H and O–H groups in total. The maximum atomic E-state index is 5.87. The quantitative estimate of drug-likeness (QED) is 0.829. The van der Waals surface area contributed by atoms with Crippen LogP contribution in [0.15, 0.2) is 0 Å². The van der Waals surface area contributed by atoms with Gasteiger partial charge in [-0.25, -0.2) is 0 Å². The molecule has 0 radical (unpaired) electrons. The summed E-state index contributed by atoms with van der Waals surface area (Å²) >= 11 is 0. The summed E-state index contributed by atoms with van der Waals surface area (Å²) in [6.45, 7) is 10.4. The minimum absolute atomic E-state index is 0.609. The van der Waals surface area contributed by atoms with Crippen LogP contribution in [0.1, 0.15) is 52.4 Å². The molecule has 0 aromatic carbocycles. The summed E-state index contributed by atoms with van der Waals surface area (Å²) < 4.78 is 0. The Labute approximate surface area is 119 Å². The highest BCUT2D eigenvalue weighted by atomic mass is 15.3. The van der Waals surface area contributed by atoms with Gasteiger partial charge in [-0.1, -0.05) is 20.3 Å². The molecule has 1 saturated heterocycles. The van der Waals surface area contributed by atoms with Gasteiger partial charge < -0.3 is 5.73 Å². The minimum atomic E-state index is 0.609. The molecule has 1 aliphatic carbocycles. The fourth-order valence-electron chi connectivity index (χ4n) is 3.96. The third-order valence-electron chi connectivity index (χ3n) is 5.52. The Balaban J connectivity index is 1.74. The molecule has 1 atom stereocenters. The van der Waals surface area contributed by atoms with E-state index in [1.165, 1.54) is 64.7 Å². The first kappa shape index (κ1) is 15.3. The molecule has 3 heteroatoms. The molecule has 1 saturated carbocycles. The van der Waals surface area contributed by atoms with Crippen LogP contribution >= 0.6 is 0 Å². The molecule has 2 aliphatic rings. The maximum absolute atomic E-state index is 5.87. The van der Waals surface area contributed by atoms with E-state index in [0.29, 0.717) is 6.04 Å². The highest BCUT2D eigenvalue weighted by Gasteiger charge is 2.29. The Morgan fingerprint density at radius 3 is 2.11 bits per heavy atom. The topological polar surface area (TPSA) is 32.5 Å². The fraction of sp³-hybridized carbons (Fsp3) is 1.00. The van der Waals surface area contributed by atoms with Crippen molar-refractivity contribution in [3.8, 4) is 0 Å². The van der Waals surface area contributed by atoms with E-state index in [4.69, 9.17) is 5.73 Å². The van der Waals surface area contributed by atoms with Crippen molar-refractivity contribution in [2.45, 2.75) is 64.5 Å². The van der Waals surface area contributed by atoms with Crippen LogP contribution in [-0.4, -0.2) is 54.6 Å². The summed E-state index contributed by atoms with van der Waals surface area (Å²) in [6, 6.07) is 1.49. The number of piperazine rings is 1. The van der Waals surface area contributed by atoms with E-state index in [1.807, 2.05) is 0 Å². The lowest BCUT2D eigenvalue weighted by Crippen LogP contribution is -2.54. The maximum Gasteiger partial charge on any atom is 0.0216 e. The predicted molar refractivity (Wildman–Crippen MR) is 82.3 cm³/mol. The Bertz CT molecular complexity index is 236. The van der Waals surface area contributed by atoms with Gasteiger partial charge in [0.2, 0.25) is 0 Å². The SMILES string of the molecule is CCC1CCC(N2CCN(C(CC)CN)CC2)CC1. The molecule has 3 nitrogen and oxygen atoms in total. The summed E-state index contributed by atoms with van der Waals surface area (Å²) in [5, 5.41) is 0. The zero-order valence-electron chi connectivity index (χ0n) is 13.0. The zero-order valence-corrected chi connectivity index (χ0v) is 13.0. The lowest BCUT2D eigenvalue weighted by molar-refractivity contribution is 0.0509. The Morgan fingerprint density at radius 1 is 1.00 bits per heavy atom. The average Bonchev–Trinajstić information content (AvgIpc) is 2.49. The molecule has 0 aromatic heterocycles. The van der Waals surface area contributed by atoms with Crippen LogP contribution in [-0.2, 0) is 0 Å². The Hall–Kier alpha value is -0.120. The van der Waals surface area contributed by atoms with Crippen LogP contribution in [0.3, 0.4) is 0 Å². The van der Waals surface area contributed by atoms with Crippen LogP contribution in [0.2, 0.25) is 0 Å². The fourth-order valence-corrected chi connectivity index (χ4v) is 3.96. The van der Waals surface area contributed by atoms with Gasteiger partial charge in [0.25, 0.3) is 0 Å². The monoisotopic (exact) mass is 267 g/mol. The lowest BCUT2D eigenvalue weighted by Gasteiger charge is -2.43. The number of rotatable bonds is 5. The van der Waals surface area contributed by atoms with Gasteiger partial charge in [-0.3, -0.25) is 9.80 Å². The smallest absolute Gasteiger partial charge is 0.0216 e. The van der Waals surface area contributed by atoms with Crippen molar-refractivity contribution in [1.82, 2.24) is 9.80 Å². The van der Waals surface area contributed by atoms with Crippen molar-refractivity contribution < 1.29 is 0 Å². The molecule has 2 fully saturated rings. The Kier molecular flexibility index (Phi) is 6.11. The first-order valence-corrected chi connectivity index (χ1v) is 8.46. The second-order valence-corrected chi connectivity index (χ2v) is 6.45. The van der Waals surface area contributed by atoms with Gasteiger partial charge in [0.1, 0.15) is 0 Å². The van der Waals surface area contributed by atoms with E-state index < -0.39 is 0 Å². The summed E-state index contributed by atoms with van der Waals surface area (Å²) in [4.78, 5) is 5.36. The van der Waals surface area contributed by atoms with Gasteiger partial charge in [0, 0.05) is 44.8 Å². The molecule has 0 amide bonds. The largest absolute Gasteiger partial charge is 0.329 e. The van der Waals surface area contributed by atoms with Crippen LogP contribution in [0.5, 0.6) is 0 Å². The third-order valence-corrected chi connectivity index (χ3v) is 5.52. The van der Waals surface area contributed by atoms with Gasteiger partial charge in [-0.2, -0.15) is 0 Å². The molecule has 1 heterocycles.